The Hall–Kier alpha value is -0.610. The largest absolute Gasteiger partial charge is 0.379 e. The molecule has 1 aliphatic carbocycles. The SMILES string of the molecule is CC[C@H](N)C(=O)N(C)CCOCC1CC1. The summed E-state index contributed by atoms with van der Waals surface area (Å²) in [7, 11) is 1.78. The van der Waals surface area contributed by atoms with Crippen molar-refractivity contribution in [1.29, 1.82) is 0 Å². The van der Waals surface area contributed by atoms with Gasteiger partial charge in [0.1, 0.15) is 0 Å². The highest BCUT2D eigenvalue weighted by Gasteiger charge is 2.21. The molecule has 0 aromatic carbocycles. The van der Waals surface area contributed by atoms with Crippen molar-refractivity contribution in [3.8, 4) is 0 Å². The van der Waals surface area contributed by atoms with Crippen LogP contribution in [-0.2, 0) is 9.53 Å². The lowest BCUT2D eigenvalue weighted by Gasteiger charge is -2.20. The van der Waals surface area contributed by atoms with Crippen molar-refractivity contribution in [2.24, 2.45) is 11.7 Å². The van der Waals surface area contributed by atoms with Gasteiger partial charge in [0.25, 0.3) is 0 Å². The van der Waals surface area contributed by atoms with E-state index in [1.807, 2.05) is 6.92 Å². The van der Waals surface area contributed by atoms with Crippen LogP contribution < -0.4 is 5.73 Å². The molecule has 0 aliphatic heterocycles. The second kappa shape index (κ2) is 6.08. The van der Waals surface area contributed by atoms with Gasteiger partial charge in [0.15, 0.2) is 0 Å². The highest BCUT2D eigenvalue weighted by atomic mass is 16.5. The summed E-state index contributed by atoms with van der Waals surface area (Å²) < 4.78 is 5.46. The van der Waals surface area contributed by atoms with Gasteiger partial charge in [-0.1, -0.05) is 6.92 Å². The molecule has 0 heterocycles. The van der Waals surface area contributed by atoms with E-state index in [9.17, 15) is 4.79 Å². The van der Waals surface area contributed by atoms with E-state index >= 15 is 0 Å². The molecule has 1 aliphatic rings. The van der Waals surface area contributed by atoms with Crippen molar-refractivity contribution >= 4 is 5.91 Å². The molecule has 1 amide bonds. The number of amides is 1. The van der Waals surface area contributed by atoms with Crippen LogP contribution in [0.4, 0.5) is 0 Å². The predicted octanol–water partition coefficient (Wildman–Crippen LogP) is 0.609. The third-order valence-corrected chi connectivity index (χ3v) is 2.75. The quantitative estimate of drug-likeness (QED) is 0.632. The maximum atomic E-state index is 11.6. The van der Waals surface area contributed by atoms with E-state index in [-0.39, 0.29) is 11.9 Å². The zero-order valence-corrected chi connectivity index (χ0v) is 9.74. The summed E-state index contributed by atoms with van der Waals surface area (Å²) >= 11 is 0. The lowest BCUT2D eigenvalue weighted by Crippen LogP contribution is -2.42. The van der Waals surface area contributed by atoms with Crippen molar-refractivity contribution in [3.63, 3.8) is 0 Å². The Morgan fingerprint density at radius 2 is 2.27 bits per heavy atom. The Morgan fingerprint density at radius 1 is 1.60 bits per heavy atom. The molecule has 0 saturated heterocycles. The number of rotatable bonds is 7. The molecule has 0 aromatic rings. The van der Waals surface area contributed by atoms with Crippen molar-refractivity contribution < 1.29 is 9.53 Å². The topological polar surface area (TPSA) is 55.6 Å². The van der Waals surface area contributed by atoms with E-state index in [2.05, 4.69) is 0 Å². The number of nitrogens with two attached hydrogens (primary N) is 1. The minimum Gasteiger partial charge on any atom is -0.379 e. The molecule has 1 fully saturated rings. The van der Waals surface area contributed by atoms with Gasteiger partial charge in [-0.15, -0.1) is 0 Å². The first-order valence-electron chi connectivity index (χ1n) is 5.73. The van der Waals surface area contributed by atoms with Crippen LogP contribution in [0.3, 0.4) is 0 Å². The first kappa shape index (κ1) is 12.5. The third-order valence-electron chi connectivity index (χ3n) is 2.75. The number of hydrogen-bond acceptors (Lipinski definition) is 3. The molecule has 1 atom stereocenters. The Morgan fingerprint density at radius 3 is 2.80 bits per heavy atom. The lowest BCUT2D eigenvalue weighted by molar-refractivity contribution is -0.132. The van der Waals surface area contributed by atoms with Crippen LogP contribution in [0.15, 0.2) is 0 Å². The summed E-state index contributed by atoms with van der Waals surface area (Å²) in [6.07, 6.45) is 3.29. The van der Waals surface area contributed by atoms with Crippen LogP contribution in [0.5, 0.6) is 0 Å². The van der Waals surface area contributed by atoms with Crippen molar-refractivity contribution in [2.75, 3.05) is 26.8 Å². The molecule has 1 saturated carbocycles. The molecule has 4 nitrogen and oxygen atoms in total. The summed E-state index contributed by atoms with van der Waals surface area (Å²) in [5, 5.41) is 0. The van der Waals surface area contributed by atoms with E-state index < -0.39 is 0 Å². The van der Waals surface area contributed by atoms with Gasteiger partial charge >= 0.3 is 0 Å². The second-order valence-electron chi connectivity index (χ2n) is 4.29. The molecule has 4 heteroatoms. The van der Waals surface area contributed by atoms with Gasteiger partial charge in [-0.3, -0.25) is 4.79 Å². The number of likely N-dealkylation sites (N-methyl/N-ethyl adjacent to an activating group) is 1. The van der Waals surface area contributed by atoms with Gasteiger partial charge < -0.3 is 15.4 Å². The van der Waals surface area contributed by atoms with Gasteiger partial charge in [-0.05, 0) is 25.2 Å². The zero-order chi connectivity index (χ0) is 11.3. The van der Waals surface area contributed by atoms with Crippen LogP contribution in [0.25, 0.3) is 0 Å². The van der Waals surface area contributed by atoms with Crippen LogP contribution in [0, 0.1) is 5.92 Å². The molecule has 1 rings (SSSR count). The zero-order valence-electron chi connectivity index (χ0n) is 9.74. The Kier molecular flexibility index (Phi) is 5.05. The number of carbonyl (C=O) groups excluding carboxylic acids is 1. The summed E-state index contributed by atoms with van der Waals surface area (Å²) in [6, 6.07) is -0.363. The number of ether oxygens (including phenoxy) is 1. The maximum absolute atomic E-state index is 11.6. The van der Waals surface area contributed by atoms with Crippen molar-refractivity contribution in [3.05, 3.63) is 0 Å². The summed E-state index contributed by atoms with van der Waals surface area (Å²) in [4.78, 5) is 13.2. The molecular formula is C11H22N2O2. The first-order chi connectivity index (χ1) is 7.15. The highest BCUT2D eigenvalue weighted by molar-refractivity contribution is 5.81. The summed E-state index contributed by atoms with van der Waals surface area (Å²) in [5.74, 6) is 0.788. The van der Waals surface area contributed by atoms with Crippen LogP contribution >= 0.6 is 0 Å². The average molecular weight is 214 g/mol. The number of hydrogen-bond donors (Lipinski definition) is 1. The van der Waals surface area contributed by atoms with Crippen molar-refractivity contribution in [2.45, 2.75) is 32.2 Å². The minimum atomic E-state index is -0.363. The highest BCUT2D eigenvalue weighted by Crippen LogP contribution is 2.28. The Labute approximate surface area is 91.8 Å². The van der Waals surface area contributed by atoms with Crippen LogP contribution in [0.2, 0.25) is 0 Å². The molecule has 88 valence electrons. The average Bonchev–Trinajstić information content (AvgIpc) is 3.05. The van der Waals surface area contributed by atoms with Crippen LogP contribution in [-0.4, -0.2) is 43.7 Å². The molecule has 2 N–H and O–H groups in total. The lowest BCUT2D eigenvalue weighted by atomic mass is 10.2. The molecule has 0 aromatic heterocycles. The fraction of sp³-hybridized carbons (Fsp3) is 0.909. The molecule has 0 spiro atoms. The van der Waals surface area contributed by atoms with Gasteiger partial charge in [0.2, 0.25) is 5.91 Å². The fourth-order valence-electron chi connectivity index (χ4n) is 1.30. The van der Waals surface area contributed by atoms with Crippen molar-refractivity contribution in [1.82, 2.24) is 4.90 Å². The van der Waals surface area contributed by atoms with Gasteiger partial charge in [-0.2, -0.15) is 0 Å². The molecule has 15 heavy (non-hydrogen) atoms. The van der Waals surface area contributed by atoms with E-state index in [0.717, 1.165) is 12.5 Å². The van der Waals surface area contributed by atoms with Gasteiger partial charge in [-0.25, -0.2) is 0 Å². The summed E-state index contributed by atoms with van der Waals surface area (Å²) in [5.41, 5.74) is 5.65. The van der Waals surface area contributed by atoms with E-state index in [1.54, 1.807) is 11.9 Å². The maximum Gasteiger partial charge on any atom is 0.239 e. The van der Waals surface area contributed by atoms with E-state index in [4.69, 9.17) is 10.5 Å². The minimum absolute atomic E-state index is 0.00696. The predicted molar refractivity (Wildman–Crippen MR) is 59.4 cm³/mol. The van der Waals surface area contributed by atoms with E-state index in [1.165, 1.54) is 12.8 Å². The Bertz CT molecular complexity index is 205. The third kappa shape index (κ3) is 4.62. The van der Waals surface area contributed by atoms with Gasteiger partial charge in [0, 0.05) is 20.2 Å². The smallest absolute Gasteiger partial charge is 0.239 e. The fourth-order valence-corrected chi connectivity index (χ4v) is 1.30. The van der Waals surface area contributed by atoms with E-state index in [0.29, 0.717) is 19.6 Å². The molecule has 0 radical (unpaired) electrons. The summed E-state index contributed by atoms with van der Waals surface area (Å²) in [6.45, 7) is 4.02. The number of nitrogens with zero attached hydrogens (tertiary/aromatic N) is 1. The molecule has 0 unspecified atom stereocenters. The Balaban J connectivity index is 2.05. The van der Waals surface area contributed by atoms with Gasteiger partial charge in [0.05, 0.1) is 12.6 Å². The molecular weight excluding hydrogens is 192 g/mol. The normalized spacial score (nSPS) is 17.5. The number of carbonyl (C=O) groups is 1. The van der Waals surface area contributed by atoms with Crippen LogP contribution in [0.1, 0.15) is 26.2 Å². The molecule has 0 bridgehead atoms. The standard InChI is InChI=1S/C11H22N2O2/c1-3-10(12)11(14)13(2)6-7-15-8-9-4-5-9/h9-10H,3-8,12H2,1-2H3/t10-/m0/s1. The first-order valence-corrected chi connectivity index (χ1v) is 5.73. The monoisotopic (exact) mass is 214 g/mol. The second-order valence-corrected chi connectivity index (χ2v) is 4.29.